The lowest BCUT2D eigenvalue weighted by Crippen LogP contribution is -2.26. The number of aromatic amines is 1. The number of carbonyl (C=O) groups excluding carboxylic acids is 1. The molecule has 128 valence electrons. The van der Waals surface area contributed by atoms with E-state index in [4.69, 9.17) is 0 Å². The van der Waals surface area contributed by atoms with Gasteiger partial charge in [0.25, 0.3) is 15.9 Å². The van der Waals surface area contributed by atoms with Gasteiger partial charge in [0, 0.05) is 18.7 Å². The predicted molar refractivity (Wildman–Crippen MR) is 95.0 cm³/mol. The smallest absolute Gasteiger partial charge is 0.264 e. The number of aromatic nitrogens is 2. The molecule has 3 rings (SSSR count). The average molecular weight is 356 g/mol. The first-order chi connectivity index (χ1) is 12.0. The molecule has 8 heteroatoms. The maximum absolute atomic E-state index is 12.8. The SMILES string of the molecule is CN(c1ccccc1)S(=O)(=O)c1cccc(C(=O)Nc2ccn[nH]2)c1. The van der Waals surface area contributed by atoms with Crippen LogP contribution in [0.1, 0.15) is 10.4 Å². The molecule has 2 N–H and O–H groups in total. The Morgan fingerprint density at radius 3 is 2.52 bits per heavy atom. The number of rotatable bonds is 5. The van der Waals surface area contributed by atoms with Crippen LogP contribution in [-0.4, -0.2) is 31.6 Å². The van der Waals surface area contributed by atoms with E-state index in [2.05, 4.69) is 15.5 Å². The lowest BCUT2D eigenvalue weighted by molar-refractivity contribution is 0.102. The van der Waals surface area contributed by atoms with E-state index < -0.39 is 15.9 Å². The zero-order valence-electron chi connectivity index (χ0n) is 13.4. The van der Waals surface area contributed by atoms with Crippen LogP contribution in [0, 0.1) is 0 Å². The minimum Gasteiger partial charge on any atom is -0.307 e. The van der Waals surface area contributed by atoms with Crippen molar-refractivity contribution in [2.75, 3.05) is 16.7 Å². The van der Waals surface area contributed by atoms with E-state index >= 15 is 0 Å². The molecule has 3 aromatic rings. The Morgan fingerprint density at radius 2 is 1.84 bits per heavy atom. The molecule has 0 aliphatic carbocycles. The van der Waals surface area contributed by atoms with Gasteiger partial charge in [-0.05, 0) is 30.3 Å². The van der Waals surface area contributed by atoms with E-state index in [-0.39, 0.29) is 10.5 Å². The molecule has 0 aliphatic rings. The first-order valence-electron chi connectivity index (χ1n) is 7.43. The van der Waals surface area contributed by atoms with E-state index in [0.717, 1.165) is 0 Å². The Hall–Kier alpha value is -3.13. The minimum absolute atomic E-state index is 0.0381. The number of carbonyl (C=O) groups is 1. The minimum atomic E-state index is -3.78. The fourth-order valence-corrected chi connectivity index (χ4v) is 3.49. The molecule has 0 bridgehead atoms. The lowest BCUT2D eigenvalue weighted by atomic mass is 10.2. The van der Waals surface area contributed by atoms with Crippen molar-refractivity contribution in [3.05, 3.63) is 72.4 Å². The molecule has 0 saturated heterocycles. The number of nitrogens with zero attached hydrogens (tertiary/aromatic N) is 2. The summed E-state index contributed by atoms with van der Waals surface area (Å²) in [6.07, 6.45) is 1.51. The van der Waals surface area contributed by atoms with Gasteiger partial charge in [-0.2, -0.15) is 5.10 Å². The molecule has 2 aromatic carbocycles. The van der Waals surface area contributed by atoms with Gasteiger partial charge in [0.1, 0.15) is 5.82 Å². The first-order valence-corrected chi connectivity index (χ1v) is 8.87. The summed E-state index contributed by atoms with van der Waals surface area (Å²) in [7, 11) is -2.30. The summed E-state index contributed by atoms with van der Waals surface area (Å²) in [5.41, 5.74) is 0.770. The summed E-state index contributed by atoms with van der Waals surface area (Å²) in [5.74, 6) is 0.00308. The Balaban J connectivity index is 1.89. The van der Waals surface area contributed by atoms with Gasteiger partial charge in [0.2, 0.25) is 0 Å². The van der Waals surface area contributed by atoms with Gasteiger partial charge < -0.3 is 5.32 Å². The Labute approximate surface area is 145 Å². The largest absolute Gasteiger partial charge is 0.307 e. The van der Waals surface area contributed by atoms with Crippen molar-refractivity contribution in [1.29, 1.82) is 0 Å². The van der Waals surface area contributed by atoms with Crippen LogP contribution in [0.5, 0.6) is 0 Å². The number of H-pyrrole nitrogens is 1. The summed E-state index contributed by atoms with van der Waals surface area (Å²) in [5, 5.41) is 8.97. The molecule has 1 amide bonds. The number of para-hydroxylation sites is 1. The first kappa shape index (κ1) is 16.7. The third-order valence-corrected chi connectivity index (χ3v) is 5.40. The molecule has 0 radical (unpaired) electrons. The Bertz CT molecular complexity index is 970. The summed E-state index contributed by atoms with van der Waals surface area (Å²) in [6, 6.07) is 16.2. The monoisotopic (exact) mass is 356 g/mol. The molecule has 0 unspecified atom stereocenters. The highest BCUT2D eigenvalue weighted by molar-refractivity contribution is 7.92. The second-order valence-electron chi connectivity index (χ2n) is 5.26. The van der Waals surface area contributed by atoms with Crippen LogP contribution in [-0.2, 0) is 10.0 Å². The number of benzene rings is 2. The number of nitrogens with one attached hydrogen (secondary N) is 2. The third kappa shape index (κ3) is 3.53. The summed E-state index contributed by atoms with van der Waals surface area (Å²) < 4.78 is 26.8. The molecule has 1 aromatic heterocycles. The van der Waals surface area contributed by atoms with E-state index in [1.165, 1.54) is 35.7 Å². The second kappa shape index (κ2) is 6.78. The quantitative estimate of drug-likeness (QED) is 0.734. The third-order valence-electron chi connectivity index (χ3n) is 3.62. The molecular weight excluding hydrogens is 340 g/mol. The number of hydrogen-bond donors (Lipinski definition) is 2. The molecule has 0 atom stereocenters. The van der Waals surface area contributed by atoms with Gasteiger partial charge >= 0.3 is 0 Å². The van der Waals surface area contributed by atoms with Crippen LogP contribution >= 0.6 is 0 Å². The predicted octanol–water partition coefficient (Wildman–Crippen LogP) is 2.49. The van der Waals surface area contributed by atoms with Gasteiger partial charge in [0.15, 0.2) is 0 Å². The van der Waals surface area contributed by atoms with Gasteiger partial charge in [-0.15, -0.1) is 0 Å². The second-order valence-corrected chi connectivity index (χ2v) is 7.23. The lowest BCUT2D eigenvalue weighted by Gasteiger charge is -2.19. The van der Waals surface area contributed by atoms with Gasteiger partial charge in [-0.3, -0.25) is 14.2 Å². The topological polar surface area (TPSA) is 95.2 Å². The van der Waals surface area contributed by atoms with Crippen molar-refractivity contribution in [3.8, 4) is 0 Å². The van der Waals surface area contributed by atoms with Crippen LogP contribution in [0.4, 0.5) is 11.5 Å². The van der Waals surface area contributed by atoms with Gasteiger partial charge in [0.05, 0.1) is 16.8 Å². The number of amides is 1. The molecular formula is C17H16N4O3S. The molecule has 0 spiro atoms. The Morgan fingerprint density at radius 1 is 1.08 bits per heavy atom. The van der Waals surface area contributed by atoms with Crippen molar-refractivity contribution in [2.24, 2.45) is 0 Å². The van der Waals surface area contributed by atoms with Gasteiger partial charge in [-0.25, -0.2) is 8.42 Å². The maximum Gasteiger partial charge on any atom is 0.264 e. The van der Waals surface area contributed by atoms with Crippen LogP contribution < -0.4 is 9.62 Å². The molecule has 0 aliphatic heterocycles. The van der Waals surface area contributed by atoms with E-state index in [0.29, 0.717) is 11.5 Å². The summed E-state index contributed by atoms with van der Waals surface area (Å²) in [6.45, 7) is 0. The molecule has 7 nitrogen and oxygen atoms in total. The normalized spacial score (nSPS) is 11.1. The van der Waals surface area contributed by atoms with E-state index in [1.54, 1.807) is 36.4 Å². The van der Waals surface area contributed by atoms with E-state index in [9.17, 15) is 13.2 Å². The number of sulfonamides is 1. The maximum atomic E-state index is 12.8. The van der Waals surface area contributed by atoms with Crippen LogP contribution in [0.15, 0.2) is 71.8 Å². The zero-order chi connectivity index (χ0) is 17.9. The summed E-state index contributed by atoms with van der Waals surface area (Å²) in [4.78, 5) is 12.3. The molecule has 0 fully saturated rings. The van der Waals surface area contributed by atoms with Crippen molar-refractivity contribution in [3.63, 3.8) is 0 Å². The standard InChI is InChI=1S/C17H16N4O3S/c1-21(14-7-3-2-4-8-14)25(23,24)15-9-5-6-13(12-15)17(22)19-16-10-11-18-20-16/h2-12H,1H3,(H2,18,19,20,22). The molecule has 1 heterocycles. The Kier molecular flexibility index (Phi) is 4.53. The highest BCUT2D eigenvalue weighted by Gasteiger charge is 2.22. The average Bonchev–Trinajstić information content (AvgIpc) is 3.15. The van der Waals surface area contributed by atoms with Crippen molar-refractivity contribution >= 4 is 27.4 Å². The van der Waals surface area contributed by atoms with Crippen molar-refractivity contribution in [2.45, 2.75) is 4.90 Å². The fourth-order valence-electron chi connectivity index (χ4n) is 2.25. The fraction of sp³-hybridized carbons (Fsp3) is 0.0588. The van der Waals surface area contributed by atoms with Crippen molar-refractivity contribution < 1.29 is 13.2 Å². The van der Waals surface area contributed by atoms with Crippen LogP contribution in [0.25, 0.3) is 0 Å². The number of anilines is 2. The van der Waals surface area contributed by atoms with Crippen LogP contribution in [0.3, 0.4) is 0 Å². The van der Waals surface area contributed by atoms with Gasteiger partial charge in [-0.1, -0.05) is 24.3 Å². The summed E-state index contributed by atoms with van der Waals surface area (Å²) >= 11 is 0. The molecule has 25 heavy (non-hydrogen) atoms. The highest BCUT2D eigenvalue weighted by atomic mass is 32.2. The van der Waals surface area contributed by atoms with Crippen molar-refractivity contribution in [1.82, 2.24) is 10.2 Å². The van der Waals surface area contributed by atoms with E-state index in [1.807, 2.05) is 6.07 Å². The molecule has 0 saturated carbocycles. The zero-order valence-corrected chi connectivity index (χ0v) is 14.2. The van der Waals surface area contributed by atoms with Crippen LogP contribution in [0.2, 0.25) is 0 Å². The number of hydrogen-bond acceptors (Lipinski definition) is 4. The highest BCUT2D eigenvalue weighted by Crippen LogP contribution is 2.22.